The number of esters is 4. The molecule has 3 rings (SSSR count). The number of hydrogen-bond acceptors (Lipinski definition) is 15. The minimum Gasteiger partial charge on any atom is -0.427 e. The van der Waals surface area contributed by atoms with E-state index in [1.807, 2.05) is 0 Å². The summed E-state index contributed by atoms with van der Waals surface area (Å²) in [5, 5.41) is 10.9. The lowest BCUT2D eigenvalue weighted by Crippen LogP contribution is -2.38. The Hall–Kier alpha value is -4.13. The fraction of sp³-hybridized carbons (Fsp3) is 0.515. The maximum Gasteiger partial charge on any atom is 0.462 e. The van der Waals surface area contributed by atoms with Crippen molar-refractivity contribution in [3.63, 3.8) is 0 Å². The maximum atomic E-state index is 14.7. The normalized spacial score (nSPS) is 18.7. The van der Waals surface area contributed by atoms with Gasteiger partial charge in [0.25, 0.3) is 5.56 Å². The van der Waals surface area contributed by atoms with Gasteiger partial charge in [0.15, 0.2) is 0 Å². The molecule has 292 valence electrons. The molecule has 0 saturated carbocycles. The molecule has 20 heteroatoms. The van der Waals surface area contributed by atoms with Crippen LogP contribution in [0, 0.1) is 10.8 Å². The second kappa shape index (κ2) is 18.8. The molecule has 0 bridgehead atoms. The van der Waals surface area contributed by atoms with Crippen LogP contribution < -0.4 is 15.8 Å². The first kappa shape index (κ1) is 43.3. The number of carbonyl (C=O) groups is 4. The van der Waals surface area contributed by atoms with Crippen LogP contribution in [0.4, 0.5) is 0 Å². The predicted molar refractivity (Wildman–Crippen MR) is 189 cm³/mol. The smallest absolute Gasteiger partial charge is 0.427 e. The number of nitrogens with one attached hydrogen (secondary N) is 1. The van der Waals surface area contributed by atoms with Crippen molar-refractivity contribution in [1.29, 1.82) is 0 Å². The van der Waals surface area contributed by atoms with Crippen LogP contribution in [0.25, 0.3) is 6.08 Å². The summed E-state index contributed by atoms with van der Waals surface area (Å²) in [6.07, 6.45) is -1.14. The van der Waals surface area contributed by atoms with Crippen molar-refractivity contribution in [2.75, 3.05) is 33.3 Å². The van der Waals surface area contributed by atoms with Gasteiger partial charge in [-0.2, -0.15) is 4.67 Å². The molecule has 1 unspecified atom stereocenters. The highest BCUT2D eigenvalue weighted by molar-refractivity contribution is 9.11. The summed E-state index contributed by atoms with van der Waals surface area (Å²) in [5.74, 6) is -3.61. The lowest BCUT2D eigenvalue weighted by molar-refractivity contribution is -0.173. The number of carbonyl (C=O) groups excluding carboxylic acids is 4. The van der Waals surface area contributed by atoms with E-state index in [0.717, 1.165) is 4.57 Å². The number of aliphatic hydroxyl groups excluding tert-OH is 1. The number of hydrogen-bond donors (Lipinski definition) is 2. The highest BCUT2D eigenvalue weighted by Crippen LogP contribution is 2.52. The third-order valence-electron chi connectivity index (χ3n) is 7.13. The molecule has 0 spiro atoms. The fourth-order valence-electron chi connectivity index (χ4n) is 4.23. The average Bonchev–Trinajstić information content (AvgIpc) is 3.44. The van der Waals surface area contributed by atoms with Gasteiger partial charge in [0.1, 0.15) is 31.2 Å². The van der Waals surface area contributed by atoms with Gasteiger partial charge < -0.3 is 33.3 Å². The molecule has 2 aromatic rings. The highest BCUT2D eigenvalue weighted by atomic mass is 79.9. The van der Waals surface area contributed by atoms with Gasteiger partial charge in [-0.1, -0.05) is 34.1 Å². The molecule has 1 fully saturated rings. The number of rotatable bonds is 16. The van der Waals surface area contributed by atoms with Gasteiger partial charge in [0.2, 0.25) is 13.6 Å². The Balaban J connectivity index is 1.87. The zero-order valence-corrected chi connectivity index (χ0v) is 32.5. The standard InChI is InChI=1S/C33H43BrN3O15P/c1-32(2,3)29(42)48-19-46-26(39)16-36(17-27(40)47-20-49-30(43)33(4,5)6)53(45,52-22-10-8-7-9-11-22)50-18-24-23(38)14-25(51-24)37-15-21(12-13-34)28(41)35-31(37)44/h7-13,15,23-25,38H,14,16-20H2,1-6H3,(H,35,41,44)/b13-12+/t23-,24+,25+,53?/m0/s1. The average molecular weight is 833 g/mol. The van der Waals surface area contributed by atoms with Gasteiger partial charge in [0, 0.05) is 12.6 Å². The fourth-order valence-corrected chi connectivity index (χ4v) is 6.15. The zero-order valence-electron chi connectivity index (χ0n) is 30.0. The second-order valence-electron chi connectivity index (χ2n) is 13.6. The molecular weight excluding hydrogens is 789 g/mol. The van der Waals surface area contributed by atoms with E-state index in [-0.39, 0.29) is 17.7 Å². The summed E-state index contributed by atoms with van der Waals surface area (Å²) in [6.45, 7) is 5.36. The number of halogens is 1. The summed E-state index contributed by atoms with van der Waals surface area (Å²) in [4.78, 5) is 78.6. The van der Waals surface area contributed by atoms with E-state index in [9.17, 15) is 38.4 Å². The van der Waals surface area contributed by atoms with Crippen molar-refractivity contribution in [2.45, 2.75) is 66.4 Å². The molecule has 2 N–H and O–H groups in total. The van der Waals surface area contributed by atoms with Crippen molar-refractivity contribution >= 4 is 53.6 Å². The van der Waals surface area contributed by atoms with Gasteiger partial charge in [-0.15, -0.1) is 0 Å². The summed E-state index contributed by atoms with van der Waals surface area (Å²) < 4.78 is 53.7. The van der Waals surface area contributed by atoms with Gasteiger partial charge >= 0.3 is 37.3 Å². The number of benzene rings is 1. The second-order valence-corrected chi connectivity index (χ2v) is 16.1. The van der Waals surface area contributed by atoms with Gasteiger partial charge in [-0.3, -0.25) is 38.0 Å². The Kier molecular flexibility index (Phi) is 15.3. The molecular formula is C33H43BrN3O15P. The van der Waals surface area contributed by atoms with Gasteiger partial charge in [-0.25, -0.2) is 9.36 Å². The number of aromatic nitrogens is 2. The lowest BCUT2D eigenvalue weighted by Gasteiger charge is -2.30. The van der Waals surface area contributed by atoms with Crippen LogP contribution in [0.1, 0.15) is 59.8 Å². The third-order valence-corrected chi connectivity index (χ3v) is 9.29. The lowest BCUT2D eigenvalue weighted by atomic mass is 9.97. The summed E-state index contributed by atoms with van der Waals surface area (Å²) >= 11 is 3.07. The van der Waals surface area contributed by atoms with Gasteiger partial charge in [0.05, 0.1) is 29.1 Å². The number of ether oxygens (including phenoxy) is 5. The Labute approximate surface area is 313 Å². The highest BCUT2D eigenvalue weighted by Gasteiger charge is 2.43. The van der Waals surface area contributed by atoms with E-state index in [1.54, 1.807) is 59.7 Å². The first-order chi connectivity index (χ1) is 24.7. The molecule has 1 aromatic carbocycles. The molecule has 1 saturated heterocycles. The van der Waals surface area contributed by atoms with Crippen LogP contribution in [0.5, 0.6) is 5.75 Å². The number of nitrogens with zero attached hydrogens (tertiary/aromatic N) is 2. The number of aliphatic hydroxyl groups is 1. The number of H-pyrrole nitrogens is 1. The minimum absolute atomic E-state index is 0.0151. The molecule has 1 aliphatic rings. The van der Waals surface area contributed by atoms with Crippen molar-refractivity contribution in [2.24, 2.45) is 10.8 Å². The molecule has 0 radical (unpaired) electrons. The molecule has 2 heterocycles. The summed E-state index contributed by atoms with van der Waals surface area (Å²) in [5.41, 5.74) is -3.18. The van der Waals surface area contributed by atoms with E-state index in [4.69, 9.17) is 32.7 Å². The molecule has 1 aliphatic heterocycles. The zero-order chi connectivity index (χ0) is 39.6. The molecule has 0 amide bonds. The third kappa shape index (κ3) is 13.0. The molecule has 53 heavy (non-hydrogen) atoms. The molecule has 18 nitrogen and oxygen atoms in total. The van der Waals surface area contributed by atoms with Crippen LogP contribution >= 0.6 is 23.7 Å². The monoisotopic (exact) mass is 831 g/mol. The first-order valence-corrected chi connectivity index (χ1v) is 18.5. The SMILES string of the molecule is CC(C)(C)C(=O)OCOC(=O)CN(CC(=O)OCOC(=O)C(C)(C)C)P(=O)(OC[C@H]1O[C@@H](n2cc(/C=C/Br)c(=O)[nH]c2=O)C[C@@H]1O)Oc1ccccc1. The van der Waals surface area contributed by atoms with E-state index < -0.39 is 105 Å². The van der Waals surface area contributed by atoms with Crippen LogP contribution in [0.15, 0.2) is 51.1 Å². The van der Waals surface area contributed by atoms with Crippen LogP contribution in [-0.2, 0) is 52.0 Å². The quantitative estimate of drug-likeness (QED) is 0.141. The Morgan fingerprint density at radius 1 is 0.962 bits per heavy atom. The number of aromatic amines is 1. The predicted octanol–water partition coefficient (Wildman–Crippen LogP) is 3.24. The minimum atomic E-state index is -4.82. The Bertz CT molecular complexity index is 1750. The Morgan fingerprint density at radius 2 is 1.51 bits per heavy atom. The van der Waals surface area contributed by atoms with E-state index >= 15 is 0 Å². The molecule has 0 aliphatic carbocycles. The van der Waals surface area contributed by atoms with Crippen molar-refractivity contribution < 1.29 is 61.6 Å². The van der Waals surface area contributed by atoms with Crippen molar-refractivity contribution in [3.8, 4) is 5.75 Å². The van der Waals surface area contributed by atoms with Crippen LogP contribution in [-0.4, -0.2) is 88.7 Å². The maximum absolute atomic E-state index is 14.7. The largest absolute Gasteiger partial charge is 0.462 e. The topological polar surface area (TPSA) is 228 Å². The van der Waals surface area contributed by atoms with Gasteiger partial charge in [-0.05, 0) is 64.7 Å². The van der Waals surface area contributed by atoms with Crippen LogP contribution in [0.2, 0.25) is 0 Å². The van der Waals surface area contributed by atoms with Crippen molar-refractivity contribution in [1.82, 2.24) is 14.2 Å². The van der Waals surface area contributed by atoms with E-state index in [0.29, 0.717) is 4.67 Å². The van der Waals surface area contributed by atoms with Crippen molar-refractivity contribution in [3.05, 3.63) is 67.9 Å². The molecule has 4 atom stereocenters. The number of para-hydroxylation sites is 1. The van der Waals surface area contributed by atoms with Crippen LogP contribution in [0.3, 0.4) is 0 Å². The van der Waals surface area contributed by atoms with E-state index in [2.05, 4.69) is 20.9 Å². The Morgan fingerprint density at radius 3 is 2.02 bits per heavy atom. The summed E-state index contributed by atoms with van der Waals surface area (Å²) in [7, 11) is -4.82. The van der Waals surface area contributed by atoms with E-state index in [1.165, 1.54) is 29.4 Å². The summed E-state index contributed by atoms with van der Waals surface area (Å²) in [6, 6.07) is 7.58. The first-order valence-electron chi connectivity index (χ1n) is 16.1. The molecule has 1 aromatic heterocycles.